The molecule has 3 aromatic rings. The zero-order chi connectivity index (χ0) is 28.1. The molecule has 2 fully saturated rings. The number of benzene rings is 2. The Morgan fingerprint density at radius 3 is 2.50 bits per heavy atom. The molecule has 0 radical (unpaired) electrons. The Labute approximate surface area is 231 Å². The summed E-state index contributed by atoms with van der Waals surface area (Å²) in [5.41, 5.74) is 0.315. The van der Waals surface area contributed by atoms with Crippen molar-refractivity contribution in [1.82, 2.24) is 30.5 Å². The van der Waals surface area contributed by atoms with Gasteiger partial charge in [0, 0.05) is 43.5 Å². The second-order valence-electron chi connectivity index (χ2n) is 10.4. The summed E-state index contributed by atoms with van der Waals surface area (Å²) in [7, 11) is 0. The lowest BCUT2D eigenvalue weighted by Crippen LogP contribution is -2.52. The van der Waals surface area contributed by atoms with Crippen molar-refractivity contribution in [3.63, 3.8) is 0 Å². The van der Waals surface area contributed by atoms with Crippen LogP contribution in [-0.2, 0) is 4.79 Å². The Morgan fingerprint density at radius 1 is 1.12 bits per heavy atom. The highest BCUT2D eigenvalue weighted by Gasteiger charge is 2.39. The third-order valence-electron chi connectivity index (χ3n) is 7.65. The number of nitriles is 1. The van der Waals surface area contributed by atoms with Gasteiger partial charge in [-0.05, 0) is 67.8 Å². The lowest BCUT2D eigenvalue weighted by atomic mass is 9.94. The van der Waals surface area contributed by atoms with E-state index in [0.29, 0.717) is 36.9 Å². The molecule has 2 N–H and O–H groups in total. The van der Waals surface area contributed by atoms with Gasteiger partial charge in [0.25, 0.3) is 5.91 Å². The van der Waals surface area contributed by atoms with Crippen LogP contribution in [0.15, 0.2) is 60.9 Å². The summed E-state index contributed by atoms with van der Waals surface area (Å²) >= 11 is 0. The van der Waals surface area contributed by atoms with Crippen LogP contribution in [0, 0.1) is 17.1 Å². The van der Waals surface area contributed by atoms with E-state index in [0.717, 1.165) is 17.7 Å². The van der Waals surface area contributed by atoms with E-state index in [1.165, 1.54) is 17.0 Å². The first kappa shape index (κ1) is 27.4. The number of likely N-dealkylation sites (tertiary alicyclic amines) is 1. The van der Waals surface area contributed by atoms with Gasteiger partial charge >= 0.3 is 0 Å². The average molecular weight is 548 g/mol. The minimum absolute atomic E-state index is 0.0480. The lowest BCUT2D eigenvalue weighted by Gasteiger charge is -2.34. The average Bonchev–Trinajstić information content (AvgIpc) is 3.53. The van der Waals surface area contributed by atoms with Crippen LogP contribution >= 0.6 is 0 Å². The SMILES string of the molecule is N#CC1(F)CCN(C(=O)[C@H](CCCN[C@@H]2C[C@H]2c2ccc(F)cc2)NC(=O)c2ccc(-n3ccnn3)cc2)CC1. The molecular weight excluding hydrogens is 516 g/mol. The minimum Gasteiger partial charge on any atom is -0.341 e. The number of alkyl halides is 1. The highest BCUT2D eigenvalue weighted by Crippen LogP contribution is 2.40. The maximum Gasteiger partial charge on any atom is 0.251 e. The maximum atomic E-state index is 14.4. The van der Waals surface area contributed by atoms with Crippen molar-refractivity contribution in [1.29, 1.82) is 5.26 Å². The number of hydrogen-bond donors (Lipinski definition) is 2. The molecule has 2 aliphatic rings. The highest BCUT2D eigenvalue weighted by molar-refractivity contribution is 5.97. The fraction of sp³-hybridized carbons (Fsp3) is 0.414. The number of piperidine rings is 1. The molecule has 208 valence electrons. The van der Waals surface area contributed by atoms with E-state index in [9.17, 15) is 18.4 Å². The van der Waals surface area contributed by atoms with Gasteiger partial charge in [0.2, 0.25) is 5.91 Å². The number of amides is 2. The number of nitrogens with one attached hydrogen (secondary N) is 2. The zero-order valence-electron chi connectivity index (χ0n) is 22.0. The van der Waals surface area contributed by atoms with Gasteiger partial charge in [0.05, 0.1) is 18.1 Å². The molecular formula is C29H31F2N7O2. The standard InChI is InChI=1S/C29H31F2N7O2/c30-22-7-3-20(4-8-22)24-18-26(24)33-13-1-2-25(28(40)37-15-11-29(31,19-32)12-16-37)35-27(39)21-5-9-23(10-6-21)38-17-14-34-36-38/h3-10,14,17,24-26,33H,1-2,11-13,15-16,18H2,(H,35,39)/t24-,25-,26+/m0/s1. The van der Waals surface area contributed by atoms with Crippen molar-refractivity contribution in [2.24, 2.45) is 0 Å². The molecule has 2 aromatic carbocycles. The van der Waals surface area contributed by atoms with E-state index in [1.54, 1.807) is 59.5 Å². The summed E-state index contributed by atoms with van der Waals surface area (Å²) in [6.07, 6.45) is 5.15. The first-order valence-corrected chi connectivity index (χ1v) is 13.5. The number of carbonyl (C=O) groups is 2. The molecule has 1 aliphatic heterocycles. The topological polar surface area (TPSA) is 116 Å². The molecule has 40 heavy (non-hydrogen) atoms. The van der Waals surface area contributed by atoms with Crippen LogP contribution in [0.3, 0.4) is 0 Å². The third kappa shape index (κ3) is 6.51. The Bertz CT molecular complexity index is 1350. The second-order valence-corrected chi connectivity index (χ2v) is 10.4. The number of rotatable bonds is 10. The largest absolute Gasteiger partial charge is 0.341 e. The summed E-state index contributed by atoms with van der Waals surface area (Å²) in [5.74, 6) is -0.573. The molecule has 11 heteroatoms. The third-order valence-corrected chi connectivity index (χ3v) is 7.65. The normalized spacial score (nSPS) is 20.4. The van der Waals surface area contributed by atoms with Gasteiger partial charge in [-0.1, -0.05) is 17.3 Å². The highest BCUT2D eigenvalue weighted by atomic mass is 19.1. The van der Waals surface area contributed by atoms with Crippen LogP contribution in [0.1, 0.15) is 53.9 Å². The van der Waals surface area contributed by atoms with Gasteiger partial charge in [-0.2, -0.15) is 5.26 Å². The Hall–Kier alpha value is -4.17. The lowest BCUT2D eigenvalue weighted by molar-refractivity contribution is -0.135. The van der Waals surface area contributed by atoms with Crippen LogP contribution in [-0.4, -0.2) is 69.1 Å². The van der Waals surface area contributed by atoms with E-state index in [-0.39, 0.29) is 43.6 Å². The fourth-order valence-electron chi connectivity index (χ4n) is 5.12. The van der Waals surface area contributed by atoms with Gasteiger partial charge < -0.3 is 15.5 Å². The van der Waals surface area contributed by atoms with Crippen molar-refractivity contribution in [3.8, 4) is 11.8 Å². The summed E-state index contributed by atoms with van der Waals surface area (Å²) in [6.45, 7) is 0.902. The molecule has 0 spiro atoms. The molecule has 1 aromatic heterocycles. The molecule has 0 unspecified atom stereocenters. The van der Waals surface area contributed by atoms with Crippen LogP contribution in [0.5, 0.6) is 0 Å². The van der Waals surface area contributed by atoms with E-state index in [2.05, 4.69) is 20.9 Å². The molecule has 2 amide bonds. The van der Waals surface area contributed by atoms with Crippen molar-refractivity contribution in [2.45, 2.75) is 55.8 Å². The van der Waals surface area contributed by atoms with Crippen molar-refractivity contribution in [3.05, 3.63) is 77.9 Å². The summed E-state index contributed by atoms with van der Waals surface area (Å²) in [4.78, 5) is 28.1. The Morgan fingerprint density at radius 2 is 1.85 bits per heavy atom. The molecule has 1 saturated heterocycles. The Kier molecular flexibility index (Phi) is 8.16. The second kappa shape index (κ2) is 11.9. The smallest absolute Gasteiger partial charge is 0.251 e. The van der Waals surface area contributed by atoms with E-state index in [4.69, 9.17) is 5.26 Å². The van der Waals surface area contributed by atoms with E-state index < -0.39 is 11.7 Å². The quantitative estimate of drug-likeness (QED) is 0.377. The summed E-state index contributed by atoms with van der Waals surface area (Å²) < 4.78 is 29.2. The van der Waals surface area contributed by atoms with E-state index >= 15 is 0 Å². The first-order valence-electron chi connectivity index (χ1n) is 13.5. The molecule has 1 saturated carbocycles. The van der Waals surface area contributed by atoms with Gasteiger partial charge in [-0.25, -0.2) is 13.5 Å². The maximum absolute atomic E-state index is 14.4. The summed E-state index contributed by atoms with van der Waals surface area (Å²) in [5, 5.41) is 23.2. The fourth-order valence-corrected chi connectivity index (χ4v) is 5.12. The number of halogens is 2. The summed E-state index contributed by atoms with van der Waals surface area (Å²) in [6, 6.07) is 14.6. The van der Waals surface area contributed by atoms with E-state index in [1.807, 2.05) is 0 Å². The van der Waals surface area contributed by atoms with Crippen LogP contribution in [0.2, 0.25) is 0 Å². The molecule has 2 heterocycles. The van der Waals surface area contributed by atoms with Crippen LogP contribution < -0.4 is 10.6 Å². The van der Waals surface area contributed by atoms with Crippen molar-refractivity contribution in [2.75, 3.05) is 19.6 Å². The predicted octanol–water partition coefficient (Wildman–Crippen LogP) is 3.28. The molecule has 5 rings (SSSR count). The first-order chi connectivity index (χ1) is 19.3. The number of nitrogens with zero attached hydrogens (tertiary/aromatic N) is 5. The van der Waals surface area contributed by atoms with Crippen LogP contribution in [0.25, 0.3) is 5.69 Å². The number of hydrogen-bond acceptors (Lipinski definition) is 6. The van der Waals surface area contributed by atoms with Gasteiger partial charge in [0.1, 0.15) is 17.9 Å². The molecule has 0 bridgehead atoms. The van der Waals surface area contributed by atoms with Gasteiger partial charge in [-0.15, -0.1) is 5.10 Å². The van der Waals surface area contributed by atoms with Crippen molar-refractivity contribution < 1.29 is 18.4 Å². The van der Waals surface area contributed by atoms with Crippen molar-refractivity contribution >= 4 is 11.8 Å². The zero-order valence-corrected chi connectivity index (χ0v) is 22.0. The molecule has 1 aliphatic carbocycles. The predicted molar refractivity (Wildman–Crippen MR) is 143 cm³/mol. The number of carbonyl (C=O) groups excluding carboxylic acids is 2. The van der Waals surface area contributed by atoms with Crippen LogP contribution in [0.4, 0.5) is 8.78 Å². The monoisotopic (exact) mass is 547 g/mol. The molecule has 3 atom stereocenters. The van der Waals surface area contributed by atoms with Gasteiger partial charge in [-0.3, -0.25) is 9.59 Å². The Balaban J connectivity index is 1.18. The minimum atomic E-state index is -1.92. The van der Waals surface area contributed by atoms with Gasteiger partial charge in [0.15, 0.2) is 5.67 Å². The number of aromatic nitrogens is 3. The molecule has 9 nitrogen and oxygen atoms in total.